The molecule has 1 aliphatic rings. The van der Waals surface area contributed by atoms with Crippen LogP contribution in [0, 0.1) is 11.8 Å². The lowest BCUT2D eigenvalue weighted by molar-refractivity contribution is -0.0374. The maximum absolute atomic E-state index is 6.11. The Morgan fingerprint density at radius 1 is 1.17 bits per heavy atom. The molecule has 0 aromatic rings. The molecule has 0 aliphatic heterocycles. The normalized spacial score (nSPS) is 28.2. The molecule has 18 heavy (non-hydrogen) atoms. The molecule has 0 aromatic heterocycles. The van der Waals surface area contributed by atoms with Gasteiger partial charge in [0.1, 0.15) is 0 Å². The number of nitrogens with zero attached hydrogens (tertiary/aromatic N) is 2. The molecular weight excluding hydrogens is 222 g/mol. The third kappa shape index (κ3) is 3.69. The lowest BCUT2D eigenvalue weighted by Gasteiger charge is -2.55. The summed E-state index contributed by atoms with van der Waals surface area (Å²) in [4.78, 5) is 4.93. The van der Waals surface area contributed by atoms with Gasteiger partial charge in [0.2, 0.25) is 0 Å². The third-order valence-corrected chi connectivity index (χ3v) is 4.59. The van der Waals surface area contributed by atoms with Crippen LogP contribution < -0.4 is 5.73 Å². The minimum absolute atomic E-state index is 0.307. The van der Waals surface area contributed by atoms with Gasteiger partial charge in [-0.3, -0.25) is 4.90 Å². The topological polar surface area (TPSA) is 32.5 Å². The molecule has 1 rings (SSSR count). The Balaban J connectivity index is 2.59. The summed E-state index contributed by atoms with van der Waals surface area (Å²) in [6.07, 6.45) is 3.82. The fourth-order valence-corrected chi connectivity index (χ4v) is 3.12. The largest absolute Gasteiger partial charge is 0.329 e. The zero-order chi connectivity index (χ0) is 13.8. The predicted molar refractivity (Wildman–Crippen MR) is 79.8 cm³/mol. The minimum atomic E-state index is 0.307. The molecule has 2 N–H and O–H groups in total. The summed E-state index contributed by atoms with van der Waals surface area (Å²) in [6, 6.07) is 0. The molecule has 3 heteroatoms. The molecule has 3 nitrogen and oxygen atoms in total. The van der Waals surface area contributed by atoms with Gasteiger partial charge in [0.15, 0.2) is 0 Å². The number of hydrogen-bond acceptors (Lipinski definition) is 3. The third-order valence-electron chi connectivity index (χ3n) is 4.59. The van der Waals surface area contributed by atoms with Crippen molar-refractivity contribution in [3.8, 4) is 0 Å². The van der Waals surface area contributed by atoms with E-state index in [0.717, 1.165) is 31.5 Å². The zero-order valence-electron chi connectivity index (χ0n) is 13.1. The van der Waals surface area contributed by atoms with E-state index in [1.165, 1.54) is 25.8 Å². The van der Waals surface area contributed by atoms with Gasteiger partial charge in [-0.2, -0.15) is 0 Å². The van der Waals surface area contributed by atoms with Crippen LogP contribution in [0.4, 0.5) is 0 Å². The van der Waals surface area contributed by atoms with Crippen LogP contribution in [0.25, 0.3) is 0 Å². The van der Waals surface area contributed by atoms with Crippen molar-refractivity contribution in [2.75, 3.05) is 40.3 Å². The van der Waals surface area contributed by atoms with Crippen LogP contribution in [0.2, 0.25) is 0 Å². The summed E-state index contributed by atoms with van der Waals surface area (Å²) in [5.74, 6) is 1.69. The van der Waals surface area contributed by atoms with Gasteiger partial charge in [0.25, 0.3) is 0 Å². The summed E-state index contributed by atoms with van der Waals surface area (Å²) in [7, 11) is 4.30. The fraction of sp³-hybridized carbons (Fsp3) is 1.00. The maximum atomic E-state index is 6.11. The smallest absolute Gasteiger partial charge is 0.0337 e. The first-order valence-electron chi connectivity index (χ1n) is 7.55. The SMILES string of the molecule is CCCN(CCN(C)C)C1(CN)CC(C(C)C)C1. The van der Waals surface area contributed by atoms with Crippen LogP contribution >= 0.6 is 0 Å². The highest BCUT2D eigenvalue weighted by Crippen LogP contribution is 2.45. The maximum Gasteiger partial charge on any atom is 0.0337 e. The van der Waals surface area contributed by atoms with E-state index in [2.05, 4.69) is 44.7 Å². The summed E-state index contributed by atoms with van der Waals surface area (Å²) >= 11 is 0. The van der Waals surface area contributed by atoms with Crippen LogP contribution in [0.5, 0.6) is 0 Å². The van der Waals surface area contributed by atoms with Crippen molar-refractivity contribution in [3.63, 3.8) is 0 Å². The minimum Gasteiger partial charge on any atom is -0.329 e. The van der Waals surface area contributed by atoms with Gasteiger partial charge >= 0.3 is 0 Å². The molecule has 0 aromatic carbocycles. The van der Waals surface area contributed by atoms with Crippen molar-refractivity contribution in [1.82, 2.24) is 9.80 Å². The first-order chi connectivity index (χ1) is 8.45. The summed E-state index contributed by atoms with van der Waals surface area (Å²) in [5.41, 5.74) is 6.42. The van der Waals surface area contributed by atoms with Crippen molar-refractivity contribution < 1.29 is 0 Å². The highest BCUT2D eigenvalue weighted by molar-refractivity contribution is 5.04. The summed E-state index contributed by atoms with van der Waals surface area (Å²) in [5, 5.41) is 0. The Morgan fingerprint density at radius 3 is 2.17 bits per heavy atom. The van der Waals surface area contributed by atoms with Gasteiger partial charge in [-0.15, -0.1) is 0 Å². The highest BCUT2D eigenvalue weighted by atomic mass is 15.2. The van der Waals surface area contributed by atoms with Crippen LogP contribution in [-0.2, 0) is 0 Å². The first kappa shape index (κ1) is 15.9. The molecule has 0 heterocycles. The molecule has 108 valence electrons. The first-order valence-corrected chi connectivity index (χ1v) is 7.55. The Morgan fingerprint density at radius 2 is 1.78 bits per heavy atom. The second kappa shape index (κ2) is 6.88. The second-order valence-corrected chi connectivity index (χ2v) is 6.63. The standard InChI is InChI=1S/C15H33N3/c1-6-7-18(9-8-17(4)5)15(12-16)10-14(11-15)13(2)3/h13-14H,6-12,16H2,1-5H3. The molecular formula is C15H33N3. The highest BCUT2D eigenvalue weighted by Gasteiger charge is 2.47. The monoisotopic (exact) mass is 255 g/mol. The average molecular weight is 255 g/mol. The Labute approximate surface area is 114 Å². The van der Waals surface area contributed by atoms with Crippen molar-refractivity contribution in [2.45, 2.75) is 45.6 Å². The number of rotatable bonds is 8. The van der Waals surface area contributed by atoms with Crippen LogP contribution in [0.15, 0.2) is 0 Å². The Hall–Kier alpha value is -0.120. The molecule has 0 radical (unpaired) electrons. The summed E-state index contributed by atoms with van der Waals surface area (Å²) < 4.78 is 0. The lowest BCUT2D eigenvalue weighted by atomic mass is 9.63. The van der Waals surface area contributed by atoms with Gasteiger partial charge in [0, 0.05) is 25.2 Å². The van der Waals surface area contributed by atoms with E-state index in [9.17, 15) is 0 Å². The van der Waals surface area contributed by atoms with E-state index in [1.54, 1.807) is 0 Å². The average Bonchev–Trinajstić information content (AvgIpc) is 2.24. The van der Waals surface area contributed by atoms with E-state index in [4.69, 9.17) is 5.73 Å². The van der Waals surface area contributed by atoms with Crippen molar-refractivity contribution in [2.24, 2.45) is 17.6 Å². The van der Waals surface area contributed by atoms with Gasteiger partial charge in [-0.05, 0) is 51.7 Å². The van der Waals surface area contributed by atoms with E-state index < -0.39 is 0 Å². The Bertz CT molecular complexity index is 232. The molecule has 0 saturated heterocycles. The van der Waals surface area contributed by atoms with E-state index >= 15 is 0 Å². The summed E-state index contributed by atoms with van der Waals surface area (Å²) in [6.45, 7) is 11.3. The van der Waals surface area contributed by atoms with Gasteiger partial charge in [-0.1, -0.05) is 20.8 Å². The number of nitrogens with two attached hydrogens (primary N) is 1. The molecule has 1 fully saturated rings. The predicted octanol–water partition coefficient (Wildman–Crippen LogP) is 2.02. The zero-order valence-corrected chi connectivity index (χ0v) is 13.1. The second-order valence-electron chi connectivity index (χ2n) is 6.63. The fourth-order valence-electron chi connectivity index (χ4n) is 3.12. The molecule has 0 atom stereocenters. The van der Waals surface area contributed by atoms with Crippen LogP contribution in [0.1, 0.15) is 40.0 Å². The van der Waals surface area contributed by atoms with Crippen molar-refractivity contribution >= 4 is 0 Å². The van der Waals surface area contributed by atoms with Crippen molar-refractivity contribution in [1.29, 1.82) is 0 Å². The van der Waals surface area contributed by atoms with E-state index in [-0.39, 0.29) is 0 Å². The molecule has 0 spiro atoms. The Kier molecular flexibility index (Phi) is 6.09. The molecule has 1 saturated carbocycles. The molecule has 0 unspecified atom stereocenters. The van der Waals surface area contributed by atoms with Crippen molar-refractivity contribution in [3.05, 3.63) is 0 Å². The van der Waals surface area contributed by atoms with Crippen LogP contribution in [-0.4, -0.2) is 55.6 Å². The van der Waals surface area contributed by atoms with Crippen LogP contribution in [0.3, 0.4) is 0 Å². The molecule has 1 aliphatic carbocycles. The quantitative estimate of drug-likeness (QED) is 0.720. The van der Waals surface area contributed by atoms with Gasteiger partial charge in [-0.25, -0.2) is 0 Å². The molecule has 0 bridgehead atoms. The van der Waals surface area contributed by atoms with Gasteiger partial charge in [0.05, 0.1) is 0 Å². The van der Waals surface area contributed by atoms with E-state index in [0.29, 0.717) is 5.54 Å². The van der Waals surface area contributed by atoms with E-state index in [1.807, 2.05) is 0 Å². The molecule has 0 amide bonds. The number of hydrogen-bond donors (Lipinski definition) is 1. The van der Waals surface area contributed by atoms with Gasteiger partial charge < -0.3 is 10.6 Å². The lowest BCUT2D eigenvalue weighted by Crippen LogP contribution is -2.63. The number of likely N-dealkylation sites (N-methyl/N-ethyl adjacent to an activating group) is 1.